The highest BCUT2D eigenvalue weighted by Gasteiger charge is 2.41. The molecule has 7 rings (SSSR count). The van der Waals surface area contributed by atoms with Gasteiger partial charge in [0.15, 0.2) is 7.85 Å². The normalized spacial score (nSPS) is 17.1. The molecule has 2 unspecified atom stereocenters. The summed E-state index contributed by atoms with van der Waals surface area (Å²) in [5.74, 6) is 1.51. The van der Waals surface area contributed by atoms with Crippen LogP contribution in [0.25, 0.3) is 22.5 Å². The molecule has 4 bridgehead atoms. The van der Waals surface area contributed by atoms with Crippen molar-refractivity contribution in [2.24, 2.45) is 11.3 Å². The van der Waals surface area contributed by atoms with E-state index in [1.807, 2.05) is 46.9 Å². The van der Waals surface area contributed by atoms with E-state index in [0.29, 0.717) is 40.7 Å². The second kappa shape index (κ2) is 17.5. The molecule has 1 saturated carbocycles. The van der Waals surface area contributed by atoms with Crippen LogP contribution in [0.4, 0.5) is 5.95 Å². The molecule has 0 amide bonds. The number of nitrogens with zero attached hydrogens (tertiary/aromatic N) is 4. The summed E-state index contributed by atoms with van der Waals surface area (Å²) in [5, 5.41) is 0. The lowest BCUT2D eigenvalue weighted by molar-refractivity contribution is 0.185. The Balaban J connectivity index is 0.000000722. The van der Waals surface area contributed by atoms with Crippen molar-refractivity contribution in [3.63, 3.8) is 0 Å². The van der Waals surface area contributed by atoms with Crippen molar-refractivity contribution in [1.29, 1.82) is 0 Å². The highest BCUT2D eigenvalue weighted by molar-refractivity contribution is 8.00. The number of nitrogens with one attached hydrogen (secondary N) is 1. The van der Waals surface area contributed by atoms with Gasteiger partial charge in [-0.1, -0.05) is 71.0 Å². The van der Waals surface area contributed by atoms with Crippen molar-refractivity contribution in [3.8, 4) is 17.1 Å². The van der Waals surface area contributed by atoms with Gasteiger partial charge in [-0.25, -0.2) is 15.0 Å². The first kappa shape index (κ1) is 37.7. The SMILES string of the molecule is C=CC.CC.CC.[B]c1cc2nc(CC3c4cccc(c4)SNc4nc(cc(-c5c(C)cccc5C)n4)OCC3CC3(C)CC3)cnc2o1. The van der Waals surface area contributed by atoms with Crippen molar-refractivity contribution in [3.05, 3.63) is 95.8 Å². The van der Waals surface area contributed by atoms with Crippen LogP contribution < -0.4 is 15.1 Å². The summed E-state index contributed by atoms with van der Waals surface area (Å²) in [5.41, 5.74) is 8.27. The lowest BCUT2D eigenvalue weighted by Crippen LogP contribution is -2.26. The zero-order valence-corrected chi connectivity index (χ0v) is 31.2. The quantitative estimate of drug-likeness (QED) is 0.112. The summed E-state index contributed by atoms with van der Waals surface area (Å²) in [4.78, 5) is 20.2. The van der Waals surface area contributed by atoms with Crippen molar-refractivity contribution in [2.45, 2.75) is 91.9 Å². The second-order valence-corrected chi connectivity index (χ2v) is 13.3. The maximum Gasteiger partial charge on any atom is 0.244 e. The van der Waals surface area contributed by atoms with Gasteiger partial charge < -0.3 is 9.15 Å². The number of anilines is 1. The van der Waals surface area contributed by atoms with Crippen LogP contribution in [0.2, 0.25) is 0 Å². The molecule has 4 heterocycles. The minimum atomic E-state index is 0.165. The molecule has 3 aromatic heterocycles. The third-order valence-electron chi connectivity index (χ3n) is 8.60. The lowest BCUT2D eigenvalue weighted by atomic mass is 9.78. The van der Waals surface area contributed by atoms with Gasteiger partial charge in [0.25, 0.3) is 0 Å². The maximum absolute atomic E-state index is 6.59. The predicted octanol–water partition coefficient (Wildman–Crippen LogP) is 9.98. The number of hydrogen-bond acceptors (Lipinski definition) is 8. The largest absolute Gasteiger partial charge is 0.477 e. The van der Waals surface area contributed by atoms with Crippen LogP contribution in [0.5, 0.6) is 5.88 Å². The predicted molar refractivity (Wildman–Crippen MR) is 206 cm³/mol. The molecular weight excluding hydrogens is 625 g/mol. The summed E-state index contributed by atoms with van der Waals surface area (Å²) < 4.78 is 15.4. The Kier molecular flexibility index (Phi) is 13.5. The van der Waals surface area contributed by atoms with E-state index >= 15 is 0 Å². The van der Waals surface area contributed by atoms with Gasteiger partial charge in [-0.2, -0.15) is 4.98 Å². The van der Waals surface area contributed by atoms with E-state index in [9.17, 15) is 0 Å². The fourth-order valence-corrected chi connectivity index (χ4v) is 6.77. The molecule has 2 radical (unpaired) electrons. The standard InChI is InChI=1S/C33H32BN5O2S.C3H6.2C2H6/c1-19-6-4-7-20(2)30(19)26-15-29-38-32(37-26)39-42-24-9-5-8-21(12-24)25(22(18-40-29)16-33(3)10-11-33)13-23-17-35-31-27(36-23)14-28(34)41-31;1-3-2;2*1-2/h4-9,12,14-15,17,22,25H,10-11,13,16,18H2,1-3H3,(H,37,38,39);3H,1H2,2H3;2*1-2H3. The number of allylic oxidation sites excluding steroid dienone is 1. The Hall–Kier alpha value is -4.11. The van der Waals surface area contributed by atoms with Crippen LogP contribution in [0.1, 0.15) is 89.1 Å². The van der Waals surface area contributed by atoms with Crippen molar-refractivity contribution < 1.29 is 9.15 Å². The first-order valence-corrected chi connectivity index (χ1v) is 18.2. The smallest absolute Gasteiger partial charge is 0.244 e. The van der Waals surface area contributed by atoms with Crippen LogP contribution in [-0.2, 0) is 6.42 Å². The van der Waals surface area contributed by atoms with Gasteiger partial charge in [-0.3, -0.25) is 4.72 Å². The Morgan fingerprint density at radius 3 is 2.39 bits per heavy atom. The first-order valence-electron chi connectivity index (χ1n) is 17.4. The third-order valence-corrected chi connectivity index (χ3v) is 9.37. The van der Waals surface area contributed by atoms with Crippen LogP contribution in [-0.4, -0.2) is 34.4 Å². The number of ether oxygens (including phenoxy) is 1. The molecule has 2 aromatic carbocycles. The van der Waals surface area contributed by atoms with Crippen LogP contribution in [0, 0.1) is 25.2 Å². The molecule has 1 N–H and O–H groups in total. The van der Waals surface area contributed by atoms with E-state index in [1.54, 1.807) is 12.1 Å². The van der Waals surface area contributed by atoms with Gasteiger partial charge in [0.05, 0.1) is 29.9 Å². The van der Waals surface area contributed by atoms with Gasteiger partial charge in [-0.15, -0.1) is 6.58 Å². The Morgan fingerprint density at radius 1 is 1.00 bits per heavy atom. The molecule has 2 aliphatic rings. The first-order chi connectivity index (χ1) is 23.7. The Labute approximate surface area is 298 Å². The molecular formula is C40H50BN5O2S. The molecule has 2 atom stereocenters. The molecule has 9 heteroatoms. The maximum atomic E-state index is 6.59. The summed E-state index contributed by atoms with van der Waals surface area (Å²) in [6.07, 6.45) is 7.83. The molecule has 1 fully saturated rings. The topological polar surface area (TPSA) is 86.0 Å². The number of aromatic nitrogens is 4. The molecule has 7 nitrogen and oxygen atoms in total. The summed E-state index contributed by atoms with van der Waals surface area (Å²) in [6, 6.07) is 18.8. The van der Waals surface area contributed by atoms with Crippen molar-refractivity contribution in [1.82, 2.24) is 19.9 Å². The molecule has 0 spiro atoms. The van der Waals surface area contributed by atoms with Gasteiger partial charge in [-0.05, 0) is 105 Å². The summed E-state index contributed by atoms with van der Waals surface area (Å²) in [6.45, 7) is 20.4. The van der Waals surface area contributed by atoms with E-state index in [0.717, 1.165) is 34.7 Å². The minimum absolute atomic E-state index is 0.165. The summed E-state index contributed by atoms with van der Waals surface area (Å²) >= 11 is 1.51. The number of fused-ring (bicyclic) bond motifs is 5. The fraction of sp³-hybridized carbons (Fsp3) is 0.400. The fourth-order valence-electron chi connectivity index (χ4n) is 6.12. The molecule has 256 valence electrons. The van der Waals surface area contributed by atoms with Gasteiger partial charge in [0.1, 0.15) is 5.52 Å². The number of rotatable bonds is 5. The number of aryl methyl sites for hydroxylation is 2. The van der Waals surface area contributed by atoms with Crippen LogP contribution in [0.15, 0.2) is 82.8 Å². The monoisotopic (exact) mass is 675 g/mol. The van der Waals surface area contributed by atoms with Gasteiger partial charge in [0.2, 0.25) is 17.5 Å². The van der Waals surface area contributed by atoms with E-state index < -0.39 is 0 Å². The molecule has 5 aromatic rings. The number of furan rings is 1. The van der Waals surface area contributed by atoms with Crippen molar-refractivity contribution in [2.75, 3.05) is 11.3 Å². The van der Waals surface area contributed by atoms with Crippen LogP contribution >= 0.6 is 11.9 Å². The molecule has 1 aliphatic heterocycles. The van der Waals surface area contributed by atoms with Gasteiger partial charge >= 0.3 is 0 Å². The number of hydrogen-bond donors (Lipinski definition) is 1. The zero-order chi connectivity index (χ0) is 35.6. The lowest BCUT2D eigenvalue weighted by Gasteiger charge is -2.30. The molecule has 49 heavy (non-hydrogen) atoms. The molecule has 1 aliphatic carbocycles. The zero-order valence-electron chi connectivity index (χ0n) is 30.3. The van der Waals surface area contributed by atoms with Gasteiger partial charge in [0, 0.05) is 22.4 Å². The molecule has 0 saturated heterocycles. The average Bonchev–Trinajstić information content (AvgIpc) is 3.71. The summed E-state index contributed by atoms with van der Waals surface area (Å²) in [7, 11) is 5.87. The van der Waals surface area contributed by atoms with E-state index in [-0.39, 0.29) is 11.8 Å². The highest BCUT2D eigenvalue weighted by atomic mass is 32.2. The van der Waals surface area contributed by atoms with Crippen LogP contribution in [0.3, 0.4) is 0 Å². The van der Waals surface area contributed by atoms with E-state index in [2.05, 4.69) is 79.5 Å². The van der Waals surface area contributed by atoms with E-state index in [4.69, 9.17) is 32.0 Å². The second-order valence-electron chi connectivity index (χ2n) is 12.5. The minimum Gasteiger partial charge on any atom is -0.477 e. The number of benzene rings is 2. The van der Waals surface area contributed by atoms with E-state index in [1.165, 1.54) is 41.5 Å². The van der Waals surface area contributed by atoms with Crippen molar-refractivity contribution >= 4 is 42.6 Å². The highest BCUT2D eigenvalue weighted by Crippen LogP contribution is 2.52. The Morgan fingerprint density at radius 2 is 1.69 bits per heavy atom. The Bertz CT molecular complexity index is 1820. The average molecular weight is 676 g/mol. The third kappa shape index (κ3) is 9.75.